The van der Waals surface area contributed by atoms with Crippen LogP contribution in [0.3, 0.4) is 0 Å². The van der Waals surface area contributed by atoms with Crippen molar-refractivity contribution in [2.24, 2.45) is 0 Å². The molecular weight excluding hydrogens is 640 g/mol. The Morgan fingerprint density at radius 1 is 0.575 bits per heavy atom. The number of methoxy groups -OCH3 is 2. The van der Waals surface area contributed by atoms with Gasteiger partial charge in [0.1, 0.15) is 23.0 Å². The molecule has 0 bridgehead atoms. The molecule has 0 heterocycles. The highest BCUT2D eigenvalue weighted by atomic mass is 79.9. The van der Waals surface area contributed by atoms with Crippen LogP contribution in [0.25, 0.3) is 21.5 Å². The van der Waals surface area contributed by atoms with Gasteiger partial charge in [-0.05, 0) is 82.2 Å². The zero-order valence-electron chi connectivity index (χ0n) is 21.7. The molecule has 5 rings (SSSR count). The van der Waals surface area contributed by atoms with Crippen LogP contribution in [0.1, 0.15) is 11.1 Å². The largest absolute Gasteiger partial charge is 0.496 e. The van der Waals surface area contributed by atoms with E-state index in [9.17, 15) is 9.59 Å². The lowest BCUT2D eigenvalue weighted by Crippen LogP contribution is -2.13. The predicted molar refractivity (Wildman–Crippen MR) is 162 cm³/mol. The summed E-state index contributed by atoms with van der Waals surface area (Å²) in [6.45, 7) is 0. The number of hydrogen-bond acceptors (Lipinski definition) is 6. The lowest BCUT2D eigenvalue weighted by Gasteiger charge is -2.13. The minimum atomic E-state index is -0.437. The maximum absolute atomic E-state index is 12.8. The Morgan fingerprint density at radius 3 is 1.35 bits per heavy atom. The van der Waals surface area contributed by atoms with Gasteiger partial charge in [-0.3, -0.25) is 9.59 Å². The van der Waals surface area contributed by atoms with Crippen LogP contribution in [-0.2, 0) is 22.4 Å². The summed E-state index contributed by atoms with van der Waals surface area (Å²) in [4.78, 5) is 25.7. The molecule has 5 aromatic carbocycles. The Morgan fingerprint density at radius 2 is 0.975 bits per heavy atom. The zero-order valence-corrected chi connectivity index (χ0v) is 24.9. The van der Waals surface area contributed by atoms with Crippen LogP contribution in [0.2, 0.25) is 0 Å². The van der Waals surface area contributed by atoms with E-state index >= 15 is 0 Å². The minimum Gasteiger partial charge on any atom is -0.496 e. The highest BCUT2D eigenvalue weighted by molar-refractivity contribution is 9.10. The van der Waals surface area contributed by atoms with Crippen molar-refractivity contribution in [3.63, 3.8) is 0 Å². The van der Waals surface area contributed by atoms with E-state index in [-0.39, 0.29) is 12.8 Å². The van der Waals surface area contributed by atoms with Gasteiger partial charge in [0, 0.05) is 20.1 Å². The second-order valence-corrected chi connectivity index (χ2v) is 10.8. The number of ether oxygens (including phenoxy) is 4. The van der Waals surface area contributed by atoms with Gasteiger partial charge in [-0.1, -0.05) is 56.1 Å². The lowest BCUT2D eigenvalue weighted by atomic mass is 10.0. The molecule has 0 spiro atoms. The Hall–Kier alpha value is -3.88. The van der Waals surface area contributed by atoms with Gasteiger partial charge in [0.15, 0.2) is 0 Å². The molecule has 5 aromatic rings. The van der Waals surface area contributed by atoms with E-state index in [2.05, 4.69) is 31.9 Å². The predicted octanol–water partition coefficient (Wildman–Crippen LogP) is 7.83. The van der Waals surface area contributed by atoms with Gasteiger partial charge in [-0.15, -0.1) is 0 Å². The lowest BCUT2D eigenvalue weighted by molar-refractivity contribution is -0.134. The van der Waals surface area contributed by atoms with Crippen molar-refractivity contribution in [1.29, 1.82) is 0 Å². The van der Waals surface area contributed by atoms with E-state index in [1.165, 1.54) is 0 Å². The van der Waals surface area contributed by atoms with Crippen LogP contribution in [0.15, 0.2) is 93.9 Å². The molecule has 0 aliphatic heterocycles. The summed E-state index contributed by atoms with van der Waals surface area (Å²) >= 11 is 6.96. The molecule has 0 N–H and O–H groups in total. The average molecular weight is 664 g/mol. The minimum absolute atomic E-state index is 0.0301. The molecule has 0 aromatic heterocycles. The van der Waals surface area contributed by atoms with Crippen LogP contribution in [0, 0.1) is 0 Å². The normalized spacial score (nSPS) is 10.9. The number of hydrogen-bond donors (Lipinski definition) is 0. The maximum atomic E-state index is 12.8. The van der Waals surface area contributed by atoms with Gasteiger partial charge in [-0.25, -0.2) is 0 Å². The molecule has 0 fully saturated rings. The summed E-state index contributed by atoms with van der Waals surface area (Å²) in [7, 11) is 3.15. The van der Waals surface area contributed by atoms with Gasteiger partial charge in [0.25, 0.3) is 0 Å². The molecule has 0 saturated heterocycles. The maximum Gasteiger partial charge on any atom is 0.315 e. The van der Waals surface area contributed by atoms with Crippen molar-refractivity contribution in [1.82, 2.24) is 0 Å². The second-order valence-electron chi connectivity index (χ2n) is 9.00. The fourth-order valence-corrected chi connectivity index (χ4v) is 5.39. The summed E-state index contributed by atoms with van der Waals surface area (Å²) in [5.74, 6) is 1.04. The SMILES string of the molecule is COc1ccc2cc(Br)ccc2c1CC(=O)Oc1ccc(OC(=O)Cc2c(OC)ccc3cc(Br)ccc23)cc1. The van der Waals surface area contributed by atoms with Gasteiger partial charge in [-0.2, -0.15) is 0 Å². The van der Waals surface area contributed by atoms with Gasteiger partial charge in [0.2, 0.25) is 0 Å². The summed E-state index contributed by atoms with van der Waals surface area (Å²) in [5.41, 5.74) is 1.50. The molecule has 0 aliphatic rings. The number of fused-ring (bicyclic) bond motifs is 2. The summed E-state index contributed by atoms with van der Waals surface area (Å²) < 4.78 is 24.0. The first-order valence-electron chi connectivity index (χ1n) is 12.4. The number of esters is 2. The van der Waals surface area contributed by atoms with Crippen LogP contribution in [0.5, 0.6) is 23.0 Å². The number of halogens is 2. The van der Waals surface area contributed by atoms with Crippen LogP contribution in [0.4, 0.5) is 0 Å². The molecule has 0 aliphatic carbocycles. The van der Waals surface area contributed by atoms with E-state index in [0.717, 1.165) is 41.6 Å². The Kier molecular flexibility index (Phi) is 8.38. The van der Waals surface area contributed by atoms with Crippen LogP contribution < -0.4 is 18.9 Å². The number of benzene rings is 5. The topological polar surface area (TPSA) is 71.1 Å². The van der Waals surface area contributed by atoms with Gasteiger partial charge >= 0.3 is 11.9 Å². The van der Waals surface area contributed by atoms with E-state index in [1.54, 1.807) is 38.5 Å². The van der Waals surface area contributed by atoms with Crippen LogP contribution >= 0.6 is 31.9 Å². The van der Waals surface area contributed by atoms with E-state index in [1.807, 2.05) is 60.7 Å². The molecule has 0 saturated carbocycles. The monoisotopic (exact) mass is 662 g/mol. The number of carbonyl (C=O) groups excluding carboxylic acids is 2. The molecule has 202 valence electrons. The number of rotatable bonds is 8. The third kappa shape index (κ3) is 6.13. The Bertz CT molecular complexity index is 1600. The van der Waals surface area contributed by atoms with Crippen molar-refractivity contribution >= 4 is 65.3 Å². The first-order chi connectivity index (χ1) is 19.3. The first-order valence-corrected chi connectivity index (χ1v) is 13.9. The average Bonchev–Trinajstić information content (AvgIpc) is 2.94. The molecule has 0 radical (unpaired) electrons. The third-order valence-electron chi connectivity index (χ3n) is 6.47. The molecule has 0 atom stereocenters. The van der Waals surface area contributed by atoms with Gasteiger partial charge in [0.05, 0.1) is 27.1 Å². The molecule has 0 amide bonds. The smallest absolute Gasteiger partial charge is 0.315 e. The Balaban J connectivity index is 1.26. The molecule has 6 nitrogen and oxygen atoms in total. The van der Waals surface area contributed by atoms with E-state index in [4.69, 9.17) is 18.9 Å². The van der Waals surface area contributed by atoms with Crippen molar-refractivity contribution in [2.75, 3.05) is 14.2 Å². The van der Waals surface area contributed by atoms with Crippen molar-refractivity contribution in [3.05, 3.63) is 105 Å². The standard InChI is InChI=1S/C32H24Br2O6/c1-37-29-13-3-19-15-21(33)5-11-25(19)27(29)17-31(35)39-23-7-9-24(10-8-23)40-32(36)18-28-26-12-6-22(34)16-20(26)4-14-30(28)38-2/h3-16H,17-18H2,1-2H3. The zero-order chi connectivity index (χ0) is 28.2. The third-order valence-corrected chi connectivity index (χ3v) is 7.46. The van der Waals surface area contributed by atoms with E-state index in [0.29, 0.717) is 23.0 Å². The molecular formula is C32H24Br2O6. The Labute approximate surface area is 248 Å². The van der Waals surface area contributed by atoms with E-state index < -0.39 is 11.9 Å². The van der Waals surface area contributed by atoms with Crippen molar-refractivity contribution in [2.45, 2.75) is 12.8 Å². The summed E-state index contributed by atoms with van der Waals surface area (Å²) in [6.07, 6.45) is 0.0602. The highest BCUT2D eigenvalue weighted by Crippen LogP contribution is 2.32. The van der Waals surface area contributed by atoms with Crippen LogP contribution in [-0.4, -0.2) is 26.2 Å². The quantitative estimate of drug-likeness (QED) is 0.124. The van der Waals surface area contributed by atoms with Crippen molar-refractivity contribution in [3.8, 4) is 23.0 Å². The fraction of sp³-hybridized carbons (Fsp3) is 0.125. The highest BCUT2D eigenvalue weighted by Gasteiger charge is 2.17. The van der Waals surface area contributed by atoms with Crippen molar-refractivity contribution < 1.29 is 28.5 Å². The molecule has 40 heavy (non-hydrogen) atoms. The fourth-order valence-electron chi connectivity index (χ4n) is 4.64. The molecule has 0 unspecified atom stereocenters. The second kappa shape index (κ2) is 12.1. The molecule has 8 heteroatoms. The summed E-state index contributed by atoms with van der Waals surface area (Å²) in [6, 6.07) is 25.6. The first kappa shape index (κ1) is 27.7. The number of carbonyl (C=O) groups is 2. The summed E-state index contributed by atoms with van der Waals surface area (Å²) in [5, 5.41) is 3.80. The van der Waals surface area contributed by atoms with Gasteiger partial charge < -0.3 is 18.9 Å².